The number of hydrogen-bond acceptors (Lipinski definition) is 7. The molecule has 8 nitrogen and oxygen atoms in total. The Kier molecular flexibility index (Phi) is 8.40. The highest BCUT2D eigenvalue weighted by Gasteiger charge is 2.16. The lowest BCUT2D eigenvalue weighted by molar-refractivity contribution is 0.0954. The number of aryl methyl sites for hydroxylation is 1. The zero-order chi connectivity index (χ0) is 27.0. The van der Waals surface area contributed by atoms with Crippen molar-refractivity contribution in [2.24, 2.45) is 5.10 Å². The van der Waals surface area contributed by atoms with E-state index in [1.807, 2.05) is 37.3 Å². The molecule has 4 aromatic rings. The fourth-order valence-electron chi connectivity index (χ4n) is 3.38. The second-order valence-corrected chi connectivity index (χ2v) is 9.80. The van der Waals surface area contributed by atoms with Crippen LogP contribution in [0.25, 0.3) is 0 Å². The number of amides is 1. The van der Waals surface area contributed by atoms with E-state index in [0.29, 0.717) is 29.2 Å². The molecule has 0 aliphatic rings. The van der Waals surface area contributed by atoms with Crippen molar-refractivity contribution in [1.29, 1.82) is 0 Å². The number of carbonyl (C=O) groups excluding carboxylic acids is 1. The Morgan fingerprint density at radius 2 is 1.61 bits per heavy atom. The summed E-state index contributed by atoms with van der Waals surface area (Å²) in [4.78, 5) is 12.6. The van der Waals surface area contributed by atoms with Crippen LogP contribution in [0.4, 0.5) is 0 Å². The van der Waals surface area contributed by atoms with Crippen LogP contribution in [-0.4, -0.2) is 27.6 Å². The van der Waals surface area contributed by atoms with Gasteiger partial charge in [-0.3, -0.25) is 4.79 Å². The Bertz CT molecular complexity index is 1520. The predicted octanol–water partition coefficient (Wildman–Crippen LogP) is 5.11. The first-order valence-electron chi connectivity index (χ1n) is 11.6. The Balaban J connectivity index is 1.33. The van der Waals surface area contributed by atoms with E-state index in [1.165, 1.54) is 37.6 Å². The average molecular weight is 531 g/mol. The van der Waals surface area contributed by atoms with Gasteiger partial charge in [0.15, 0.2) is 11.5 Å². The summed E-state index contributed by atoms with van der Waals surface area (Å²) in [7, 11) is -2.43. The molecule has 0 spiro atoms. The topological polar surface area (TPSA) is 103 Å². The highest BCUT2D eigenvalue weighted by Crippen LogP contribution is 2.29. The van der Waals surface area contributed by atoms with Gasteiger partial charge in [0.1, 0.15) is 17.3 Å². The van der Waals surface area contributed by atoms with E-state index in [0.717, 1.165) is 11.1 Å². The van der Waals surface area contributed by atoms with E-state index in [1.54, 1.807) is 42.5 Å². The van der Waals surface area contributed by atoms with Crippen LogP contribution in [0.1, 0.15) is 27.0 Å². The van der Waals surface area contributed by atoms with E-state index >= 15 is 0 Å². The molecule has 0 atom stereocenters. The van der Waals surface area contributed by atoms with Gasteiger partial charge < -0.3 is 13.7 Å². The van der Waals surface area contributed by atoms with Gasteiger partial charge in [0.05, 0.1) is 13.3 Å². The normalized spacial score (nSPS) is 11.2. The Morgan fingerprint density at radius 3 is 2.29 bits per heavy atom. The SMILES string of the molecule is COc1cc(C(=O)N/N=C/c2ccc(OS(=O)(=O)c3ccc(C)cc3)cc2)ccc1OCc1ccccc1. The van der Waals surface area contributed by atoms with Crippen molar-refractivity contribution in [1.82, 2.24) is 5.43 Å². The van der Waals surface area contributed by atoms with Gasteiger partial charge in [-0.15, -0.1) is 0 Å². The van der Waals surface area contributed by atoms with E-state index in [-0.39, 0.29) is 10.6 Å². The Hall–Kier alpha value is -4.63. The third kappa shape index (κ3) is 6.98. The maximum absolute atomic E-state index is 12.6. The summed E-state index contributed by atoms with van der Waals surface area (Å²) in [6, 6.07) is 27.2. The quantitative estimate of drug-likeness (QED) is 0.174. The third-order valence-corrected chi connectivity index (χ3v) is 6.70. The van der Waals surface area contributed by atoms with Crippen LogP contribution in [0.15, 0.2) is 107 Å². The van der Waals surface area contributed by atoms with Crippen molar-refractivity contribution in [3.05, 3.63) is 119 Å². The summed E-state index contributed by atoms with van der Waals surface area (Å²) >= 11 is 0. The van der Waals surface area contributed by atoms with Gasteiger partial charge in [-0.1, -0.05) is 48.0 Å². The molecule has 0 unspecified atom stereocenters. The predicted molar refractivity (Wildman–Crippen MR) is 144 cm³/mol. The van der Waals surface area contributed by atoms with Crippen LogP contribution in [0, 0.1) is 6.92 Å². The molecule has 9 heteroatoms. The van der Waals surface area contributed by atoms with E-state index in [2.05, 4.69) is 10.5 Å². The number of nitrogens with one attached hydrogen (secondary N) is 1. The number of rotatable bonds is 10. The number of nitrogens with zero attached hydrogens (tertiary/aromatic N) is 1. The van der Waals surface area contributed by atoms with Crippen LogP contribution in [0.3, 0.4) is 0 Å². The summed E-state index contributed by atoms with van der Waals surface area (Å²) in [5.74, 6) is 0.670. The van der Waals surface area contributed by atoms with Gasteiger partial charge in [-0.2, -0.15) is 13.5 Å². The fourth-order valence-corrected chi connectivity index (χ4v) is 4.31. The van der Waals surface area contributed by atoms with Crippen molar-refractivity contribution in [2.75, 3.05) is 7.11 Å². The Labute approximate surface area is 221 Å². The minimum Gasteiger partial charge on any atom is -0.493 e. The lowest BCUT2D eigenvalue weighted by Crippen LogP contribution is -2.17. The molecule has 0 saturated heterocycles. The second-order valence-electron chi connectivity index (χ2n) is 8.26. The Morgan fingerprint density at radius 1 is 0.895 bits per heavy atom. The molecule has 4 rings (SSSR count). The molecule has 0 aliphatic heterocycles. The lowest BCUT2D eigenvalue weighted by Gasteiger charge is -2.12. The van der Waals surface area contributed by atoms with Gasteiger partial charge in [0.2, 0.25) is 0 Å². The van der Waals surface area contributed by atoms with Crippen molar-refractivity contribution in [2.45, 2.75) is 18.4 Å². The molecule has 38 heavy (non-hydrogen) atoms. The van der Waals surface area contributed by atoms with Crippen molar-refractivity contribution >= 4 is 22.2 Å². The zero-order valence-electron chi connectivity index (χ0n) is 20.8. The molecule has 0 aromatic heterocycles. The number of benzene rings is 4. The first-order valence-corrected chi connectivity index (χ1v) is 13.0. The number of ether oxygens (including phenoxy) is 2. The standard InChI is InChI=1S/C29H26N2O6S/c1-21-8-15-26(16-9-21)38(33,34)37-25-13-10-22(11-14-25)19-30-31-29(32)24-12-17-27(28(18-24)35-2)36-20-23-6-4-3-5-7-23/h3-19H,20H2,1-2H3,(H,31,32)/b30-19+. The molecule has 0 heterocycles. The maximum Gasteiger partial charge on any atom is 0.339 e. The van der Waals surface area contributed by atoms with Crippen molar-refractivity contribution in [3.8, 4) is 17.2 Å². The molecule has 0 saturated carbocycles. The molecule has 0 fully saturated rings. The minimum absolute atomic E-state index is 0.0730. The summed E-state index contributed by atoms with van der Waals surface area (Å²) in [6.45, 7) is 2.24. The highest BCUT2D eigenvalue weighted by atomic mass is 32.2. The van der Waals surface area contributed by atoms with Gasteiger partial charge in [0, 0.05) is 5.56 Å². The first kappa shape index (κ1) is 26.4. The van der Waals surface area contributed by atoms with Gasteiger partial charge in [-0.05, 0) is 72.6 Å². The van der Waals surface area contributed by atoms with Crippen LogP contribution in [0.2, 0.25) is 0 Å². The molecule has 0 aliphatic carbocycles. The first-order chi connectivity index (χ1) is 18.3. The summed E-state index contributed by atoms with van der Waals surface area (Å²) in [5, 5.41) is 3.98. The monoisotopic (exact) mass is 530 g/mol. The lowest BCUT2D eigenvalue weighted by atomic mass is 10.2. The van der Waals surface area contributed by atoms with Crippen LogP contribution in [0.5, 0.6) is 17.2 Å². The minimum atomic E-state index is -3.94. The summed E-state index contributed by atoms with van der Waals surface area (Å²) in [6.07, 6.45) is 1.44. The van der Waals surface area contributed by atoms with E-state index in [4.69, 9.17) is 13.7 Å². The van der Waals surface area contributed by atoms with Crippen molar-refractivity contribution < 1.29 is 26.9 Å². The van der Waals surface area contributed by atoms with Crippen LogP contribution >= 0.6 is 0 Å². The summed E-state index contributed by atoms with van der Waals surface area (Å²) in [5.41, 5.74) is 5.40. The molecular weight excluding hydrogens is 504 g/mol. The molecule has 1 amide bonds. The molecule has 0 radical (unpaired) electrons. The van der Waals surface area contributed by atoms with E-state index < -0.39 is 16.0 Å². The van der Waals surface area contributed by atoms with Gasteiger partial charge in [-0.25, -0.2) is 5.43 Å². The third-order valence-electron chi connectivity index (χ3n) is 5.44. The summed E-state index contributed by atoms with van der Waals surface area (Å²) < 4.78 is 41.3. The highest BCUT2D eigenvalue weighted by molar-refractivity contribution is 7.87. The molecular formula is C29H26N2O6S. The number of hydrazone groups is 1. The number of hydrogen-bond donors (Lipinski definition) is 1. The average Bonchev–Trinajstić information content (AvgIpc) is 2.93. The van der Waals surface area contributed by atoms with Crippen LogP contribution in [-0.2, 0) is 16.7 Å². The smallest absolute Gasteiger partial charge is 0.339 e. The van der Waals surface area contributed by atoms with Gasteiger partial charge >= 0.3 is 10.1 Å². The molecule has 0 bridgehead atoms. The second kappa shape index (κ2) is 12.1. The maximum atomic E-state index is 12.6. The molecule has 194 valence electrons. The van der Waals surface area contributed by atoms with Gasteiger partial charge in [0.25, 0.3) is 5.91 Å². The molecule has 4 aromatic carbocycles. The number of methoxy groups -OCH3 is 1. The number of carbonyl (C=O) groups is 1. The van der Waals surface area contributed by atoms with Crippen molar-refractivity contribution in [3.63, 3.8) is 0 Å². The largest absolute Gasteiger partial charge is 0.493 e. The van der Waals surface area contributed by atoms with Crippen LogP contribution < -0.4 is 19.1 Å². The molecule has 1 N–H and O–H groups in total. The fraction of sp³-hybridized carbons (Fsp3) is 0.103. The van der Waals surface area contributed by atoms with E-state index in [9.17, 15) is 13.2 Å². The zero-order valence-corrected chi connectivity index (χ0v) is 21.6.